The van der Waals surface area contributed by atoms with E-state index in [4.69, 9.17) is 0 Å². The van der Waals surface area contributed by atoms with Crippen molar-refractivity contribution >= 4 is 23.2 Å². The van der Waals surface area contributed by atoms with Crippen LogP contribution in [0.3, 0.4) is 0 Å². The SMILES string of the molecule is O=C(Nc1cccc(-c2nccnc2N2CCCCC2)c1)Nc1ccccc1C(F)(F)F. The molecule has 2 heterocycles. The number of carbonyl (C=O) groups is 1. The van der Waals surface area contributed by atoms with Gasteiger partial charge in [-0.15, -0.1) is 0 Å². The second-order valence-corrected chi connectivity index (χ2v) is 7.48. The molecule has 166 valence electrons. The van der Waals surface area contributed by atoms with E-state index in [1.807, 2.05) is 6.07 Å². The molecule has 1 aromatic heterocycles. The molecule has 4 rings (SSSR count). The van der Waals surface area contributed by atoms with Gasteiger partial charge in [0.1, 0.15) is 5.69 Å². The van der Waals surface area contributed by atoms with Crippen molar-refractivity contribution in [2.24, 2.45) is 0 Å². The Morgan fingerprint density at radius 2 is 1.66 bits per heavy atom. The largest absolute Gasteiger partial charge is 0.418 e. The van der Waals surface area contributed by atoms with Gasteiger partial charge in [-0.1, -0.05) is 24.3 Å². The average molecular weight is 441 g/mol. The second-order valence-electron chi connectivity index (χ2n) is 7.48. The molecule has 0 bridgehead atoms. The van der Waals surface area contributed by atoms with Crippen LogP contribution in [0, 0.1) is 0 Å². The molecule has 0 unspecified atom stereocenters. The number of piperidine rings is 1. The van der Waals surface area contributed by atoms with Crippen LogP contribution in [-0.4, -0.2) is 29.1 Å². The summed E-state index contributed by atoms with van der Waals surface area (Å²) >= 11 is 0. The smallest absolute Gasteiger partial charge is 0.355 e. The zero-order valence-electron chi connectivity index (χ0n) is 17.2. The first kappa shape index (κ1) is 21.6. The summed E-state index contributed by atoms with van der Waals surface area (Å²) in [4.78, 5) is 23.6. The van der Waals surface area contributed by atoms with Crippen LogP contribution in [0.1, 0.15) is 24.8 Å². The second kappa shape index (κ2) is 9.25. The number of para-hydroxylation sites is 1. The van der Waals surface area contributed by atoms with Crippen LogP contribution in [0.15, 0.2) is 60.9 Å². The fraction of sp³-hybridized carbons (Fsp3) is 0.261. The summed E-state index contributed by atoms with van der Waals surface area (Å²) < 4.78 is 39.5. The molecule has 0 saturated carbocycles. The number of alkyl halides is 3. The standard InChI is InChI=1S/C23H22F3N5O/c24-23(25,26)18-9-2-3-10-19(18)30-22(32)29-17-8-6-7-16(15-17)20-21(28-12-11-27-20)31-13-4-1-5-14-31/h2-3,6-12,15H,1,4-5,13-14H2,(H2,29,30,32). The van der Waals surface area contributed by atoms with Gasteiger partial charge < -0.3 is 15.5 Å². The Balaban J connectivity index is 1.53. The number of aromatic nitrogens is 2. The van der Waals surface area contributed by atoms with Gasteiger partial charge in [0.25, 0.3) is 0 Å². The highest BCUT2D eigenvalue weighted by Gasteiger charge is 2.33. The molecule has 6 nitrogen and oxygen atoms in total. The maximum atomic E-state index is 13.2. The number of amides is 2. The van der Waals surface area contributed by atoms with Crippen LogP contribution in [0.5, 0.6) is 0 Å². The Hall–Kier alpha value is -3.62. The lowest BCUT2D eigenvalue weighted by molar-refractivity contribution is -0.136. The van der Waals surface area contributed by atoms with Crippen LogP contribution >= 0.6 is 0 Å². The molecule has 1 aliphatic rings. The van der Waals surface area contributed by atoms with Crippen molar-refractivity contribution in [3.63, 3.8) is 0 Å². The van der Waals surface area contributed by atoms with Crippen molar-refractivity contribution in [1.29, 1.82) is 0 Å². The number of nitrogens with one attached hydrogen (secondary N) is 2. The lowest BCUT2D eigenvalue weighted by Gasteiger charge is -2.28. The molecule has 3 aromatic rings. The molecule has 0 spiro atoms. The van der Waals surface area contributed by atoms with E-state index < -0.39 is 17.8 Å². The first-order valence-corrected chi connectivity index (χ1v) is 10.3. The highest BCUT2D eigenvalue weighted by Crippen LogP contribution is 2.35. The summed E-state index contributed by atoms with van der Waals surface area (Å²) in [6, 6.07) is 11.1. The summed E-state index contributed by atoms with van der Waals surface area (Å²) in [5, 5.41) is 4.88. The third kappa shape index (κ3) is 4.99. The van der Waals surface area contributed by atoms with E-state index in [9.17, 15) is 18.0 Å². The van der Waals surface area contributed by atoms with Gasteiger partial charge >= 0.3 is 12.2 Å². The van der Waals surface area contributed by atoms with E-state index in [1.54, 1.807) is 30.6 Å². The van der Waals surface area contributed by atoms with E-state index >= 15 is 0 Å². The lowest BCUT2D eigenvalue weighted by Crippen LogP contribution is -2.30. The first-order valence-electron chi connectivity index (χ1n) is 10.3. The fourth-order valence-corrected chi connectivity index (χ4v) is 3.74. The predicted octanol–water partition coefficient (Wildman–Crippen LogP) is 5.80. The summed E-state index contributed by atoms with van der Waals surface area (Å²) in [6.07, 6.45) is 2.08. The molecule has 0 aliphatic carbocycles. The van der Waals surface area contributed by atoms with Gasteiger partial charge in [0, 0.05) is 36.7 Å². The maximum absolute atomic E-state index is 13.2. The van der Waals surface area contributed by atoms with Gasteiger partial charge in [-0.2, -0.15) is 13.2 Å². The summed E-state index contributed by atoms with van der Waals surface area (Å²) in [6.45, 7) is 1.81. The van der Waals surface area contributed by atoms with Gasteiger partial charge in [0.2, 0.25) is 0 Å². The van der Waals surface area contributed by atoms with Gasteiger partial charge in [0.05, 0.1) is 11.3 Å². The minimum atomic E-state index is -4.57. The highest BCUT2D eigenvalue weighted by molar-refractivity contribution is 6.00. The normalized spacial score (nSPS) is 14.2. The van der Waals surface area contributed by atoms with Gasteiger partial charge in [-0.25, -0.2) is 9.78 Å². The minimum absolute atomic E-state index is 0.310. The molecule has 32 heavy (non-hydrogen) atoms. The van der Waals surface area contributed by atoms with E-state index in [-0.39, 0.29) is 5.69 Å². The zero-order valence-corrected chi connectivity index (χ0v) is 17.2. The number of halogens is 3. The van der Waals surface area contributed by atoms with Crippen molar-refractivity contribution in [3.05, 3.63) is 66.5 Å². The summed E-state index contributed by atoms with van der Waals surface area (Å²) in [7, 11) is 0. The van der Waals surface area contributed by atoms with Crippen LogP contribution < -0.4 is 15.5 Å². The number of hydrogen-bond donors (Lipinski definition) is 2. The Labute approximate surface area is 183 Å². The van der Waals surface area contributed by atoms with E-state index in [2.05, 4.69) is 25.5 Å². The quantitative estimate of drug-likeness (QED) is 0.537. The highest BCUT2D eigenvalue weighted by atomic mass is 19.4. The van der Waals surface area contributed by atoms with Crippen LogP contribution in [-0.2, 0) is 6.18 Å². The van der Waals surface area contributed by atoms with Gasteiger partial charge in [-0.3, -0.25) is 4.98 Å². The van der Waals surface area contributed by atoms with Crippen molar-refractivity contribution in [3.8, 4) is 11.3 Å². The summed E-state index contributed by atoms with van der Waals surface area (Å²) in [5.74, 6) is 0.785. The Bertz CT molecular complexity index is 1100. The third-order valence-electron chi connectivity index (χ3n) is 5.21. The summed E-state index contributed by atoms with van der Waals surface area (Å²) in [5.41, 5.74) is 0.664. The molecular weight excluding hydrogens is 419 g/mol. The van der Waals surface area contributed by atoms with Crippen molar-refractivity contribution < 1.29 is 18.0 Å². The Morgan fingerprint density at radius 3 is 2.44 bits per heavy atom. The monoisotopic (exact) mass is 441 g/mol. The Kier molecular flexibility index (Phi) is 6.25. The average Bonchev–Trinajstić information content (AvgIpc) is 2.79. The Morgan fingerprint density at radius 1 is 0.906 bits per heavy atom. The lowest BCUT2D eigenvalue weighted by atomic mass is 10.1. The van der Waals surface area contributed by atoms with E-state index in [0.29, 0.717) is 11.4 Å². The number of nitrogens with zero attached hydrogens (tertiary/aromatic N) is 3. The van der Waals surface area contributed by atoms with Gasteiger partial charge in [-0.05, 0) is 43.5 Å². The molecule has 0 atom stereocenters. The fourth-order valence-electron chi connectivity index (χ4n) is 3.74. The zero-order chi connectivity index (χ0) is 22.6. The number of carbonyl (C=O) groups excluding carboxylic acids is 1. The van der Waals surface area contributed by atoms with E-state index in [1.165, 1.54) is 24.6 Å². The number of urea groups is 1. The topological polar surface area (TPSA) is 70.2 Å². The van der Waals surface area contributed by atoms with Crippen LogP contribution in [0.4, 0.5) is 35.2 Å². The maximum Gasteiger partial charge on any atom is 0.418 e. The molecule has 0 radical (unpaired) electrons. The molecule has 2 N–H and O–H groups in total. The van der Waals surface area contributed by atoms with E-state index in [0.717, 1.165) is 43.4 Å². The first-order chi connectivity index (χ1) is 15.4. The molecule has 1 saturated heterocycles. The molecule has 2 aromatic carbocycles. The van der Waals surface area contributed by atoms with Gasteiger partial charge in [0.15, 0.2) is 5.82 Å². The number of anilines is 3. The van der Waals surface area contributed by atoms with Crippen LogP contribution in [0.25, 0.3) is 11.3 Å². The third-order valence-corrected chi connectivity index (χ3v) is 5.21. The molecule has 1 fully saturated rings. The van der Waals surface area contributed by atoms with Crippen molar-refractivity contribution in [2.45, 2.75) is 25.4 Å². The van der Waals surface area contributed by atoms with Crippen LogP contribution in [0.2, 0.25) is 0 Å². The molecule has 1 aliphatic heterocycles. The molecule has 9 heteroatoms. The van der Waals surface area contributed by atoms with Crippen molar-refractivity contribution in [1.82, 2.24) is 9.97 Å². The van der Waals surface area contributed by atoms with Crippen molar-refractivity contribution in [2.75, 3.05) is 28.6 Å². The predicted molar refractivity (Wildman–Crippen MR) is 118 cm³/mol. The molecule has 2 amide bonds. The minimum Gasteiger partial charge on any atom is -0.355 e. The molecular formula is C23H22F3N5O. The number of rotatable bonds is 4. The number of benzene rings is 2. The number of hydrogen-bond acceptors (Lipinski definition) is 4.